The quantitative estimate of drug-likeness (QED) is 0.631. The van der Waals surface area contributed by atoms with Gasteiger partial charge in [0, 0.05) is 25.7 Å². The van der Waals surface area contributed by atoms with Crippen LogP contribution in [0.3, 0.4) is 0 Å². The van der Waals surface area contributed by atoms with E-state index in [4.69, 9.17) is 0 Å². The number of nitrogens with one attached hydrogen (secondary N) is 3. The number of carbonyl (C=O) groups is 1. The largest absolute Gasteiger partial charge is 0.352 e. The van der Waals surface area contributed by atoms with Crippen LogP contribution < -0.4 is 16.0 Å². The highest BCUT2D eigenvalue weighted by Crippen LogP contribution is 2.23. The van der Waals surface area contributed by atoms with Crippen molar-refractivity contribution < 1.29 is 4.79 Å². The highest BCUT2D eigenvalue weighted by atomic mass is 16.2. The molecule has 1 heterocycles. The summed E-state index contributed by atoms with van der Waals surface area (Å²) in [7, 11) is 0. The van der Waals surface area contributed by atoms with E-state index in [0.29, 0.717) is 6.04 Å². The van der Waals surface area contributed by atoms with Gasteiger partial charge in [0.2, 0.25) is 5.91 Å². The second kappa shape index (κ2) is 5.64. The Hall–Kier alpha value is -0.610. The monoisotopic (exact) mass is 225 g/mol. The molecule has 0 aromatic rings. The highest BCUT2D eigenvalue weighted by molar-refractivity contribution is 5.82. The molecule has 2 aliphatic rings. The Morgan fingerprint density at radius 3 is 2.88 bits per heavy atom. The fourth-order valence-corrected chi connectivity index (χ4v) is 2.71. The predicted octanol–water partition coefficient (Wildman–Crippen LogP) is 0.243. The minimum atomic E-state index is -0.0361. The lowest BCUT2D eigenvalue weighted by Crippen LogP contribution is -2.57. The van der Waals surface area contributed by atoms with Crippen molar-refractivity contribution in [1.29, 1.82) is 0 Å². The zero-order valence-corrected chi connectivity index (χ0v) is 10.1. The molecule has 1 amide bonds. The first-order valence-electron chi connectivity index (χ1n) is 6.50. The first kappa shape index (κ1) is 11.9. The van der Waals surface area contributed by atoms with E-state index in [1.54, 1.807) is 0 Å². The van der Waals surface area contributed by atoms with Crippen molar-refractivity contribution in [3.05, 3.63) is 0 Å². The average Bonchev–Trinajstić information content (AvgIpc) is 2.30. The molecular formula is C12H23N3O. The van der Waals surface area contributed by atoms with Gasteiger partial charge in [-0.1, -0.05) is 19.8 Å². The van der Waals surface area contributed by atoms with Gasteiger partial charge in [0.05, 0.1) is 6.04 Å². The second-order valence-corrected chi connectivity index (χ2v) is 5.19. The van der Waals surface area contributed by atoms with Crippen molar-refractivity contribution in [3.8, 4) is 0 Å². The predicted molar refractivity (Wildman–Crippen MR) is 64.2 cm³/mol. The van der Waals surface area contributed by atoms with Crippen LogP contribution in [0, 0.1) is 5.92 Å². The van der Waals surface area contributed by atoms with Gasteiger partial charge in [0.1, 0.15) is 0 Å². The molecule has 0 radical (unpaired) electrons. The molecule has 1 aliphatic heterocycles. The fourth-order valence-electron chi connectivity index (χ4n) is 2.71. The van der Waals surface area contributed by atoms with Crippen molar-refractivity contribution in [1.82, 2.24) is 16.0 Å². The summed E-state index contributed by atoms with van der Waals surface area (Å²) in [6.07, 6.45) is 4.86. The molecular weight excluding hydrogens is 202 g/mol. The Morgan fingerprint density at radius 2 is 2.19 bits per heavy atom. The maximum Gasteiger partial charge on any atom is 0.238 e. The third kappa shape index (κ3) is 3.19. The van der Waals surface area contributed by atoms with Gasteiger partial charge in [0.15, 0.2) is 0 Å². The van der Waals surface area contributed by atoms with Gasteiger partial charge < -0.3 is 16.0 Å². The SMILES string of the molecule is CC1CCCC(NC(=O)C2CNCCN2)C1. The van der Waals surface area contributed by atoms with Crippen LogP contribution in [0.15, 0.2) is 0 Å². The Bertz CT molecular complexity index is 238. The van der Waals surface area contributed by atoms with Crippen molar-refractivity contribution in [3.63, 3.8) is 0 Å². The van der Waals surface area contributed by atoms with E-state index in [9.17, 15) is 4.79 Å². The minimum Gasteiger partial charge on any atom is -0.352 e. The van der Waals surface area contributed by atoms with E-state index < -0.39 is 0 Å². The maximum absolute atomic E-state index is 12.0. The summed E-state index contributed by atoms with van der Waals surface area (Å²) in [6, 6.07) is 0.367. The van der Waals surface area contributed by atoms with Gasteiger partial charge in [-0.25, -0.2) is 0 Å². The normalized spacial score (nSPS) is 35.7. The second-order valence-electron chi connectivity index (χ2n) is 5.19. The van der Waals surface area contributed by atoms with Gasteiger partial charge in [-0.05, 0) is 18.8 Å². The molecule has 0 bridgehead atoms. The molecule has 3 unspecified atom stereocenters. The first-order chi connectivity index (χ1) is 7.75. The maximum atomic E-state index is 12.0. The molecule has 1 aliphatic carbocycles. The van der Waals surface area contributed by atoms with E-state index in [2.05, 4.69) is 22.9 Å². The number of rotatable bonds is 2. The number of hydrogen-bond acceptors (Lipinski definition) is 3. The lowest BCUT2D eigenvalue weighted by atomic mass is 9.87. The van der Waals surface area contributed by atoms with Gasteiger partial charge in [-0.15, -0.1) is 0 Å². The van der Waals surface area contributed by atoms with Crippen LogP contribution >= 0.6 is 0 Å². The molecule has 4 heteroatoms. The molecule has 92 valence electrons. The Balaban J connectivity index is 1.77. The molecule has 4 nitrogen and oxygen atoms in total. The van der Waals surface area contributed by atoms with E-state index in [1.807, 2.05) is 0 Å². The lowest BCUT2D eigenvalue weighted by molar-refractivity contribution is -0.124. The molecule has 1 saturated carbocycles. The van der Waals surface area contributed by atoms with Crippen LogP contribution in [0.5, 0.6) is 0 Å². The number of hydrogen-bond donors (Lipinski definition) is 3. The fraction of sp³-hybridized carbons (Fsp3) is 0.917. The molecule has 3 atom stereocenters. The zero-order chi connectivity index (χ0) is 11.4. The zero-order valence-electron chi connectivity index (χ0n) is 10.1. The summed E-state index contributed by atoms with van der Waals surface area (Å²) in [6.45, 7) is 4.89. The van der Waals surface area contributed by atoms with Gasteiger partial charge in [-0.3, -0.25) is 4.79 Å². The lowest BCUT2D eigenvalue weighted by Gasteiger charge is -2.30. The number of piperazine rings is 1. The number of amides is 1. The summed E-state index contributed by atoms with van der Waals surface area (Å²) in [5, 5.41) is 9.66. The van der Waals surface area contributed by atoms with Crippen LogP contribution in [0.25, 0.3) is 0 Å². The topological polar surface area (TPSA) is 53.2 Å². The van der Waals surface area contributed by atoms with Crippen molar-refractivity contribution in [2.75, 3.05) is 19.6 Å². The molecule has 16 heavy (non-hydrogen) atoms. The highest BCUT2D eigenvalue weighted by Gasteiger charge is 2.25. The Morgan fingerprint density at radius 1 is 1.31 bits per heavy atom. The summed E-state index contributed by atoms with van der Waals surface area (Å²) < 4.78 is 0. The van der Waals surface area contributed by atoms with Crippen LogP contribution in [-0.4, -0.2) is 37.6 Å². The molecule has 2 rings (SSSR count). The Labute approximate surface area is 97.6 Å². The molecule has 0 aromatic carbocycles. The van der Waals surface area contributed by atoms with Crippen molar-refractivity contribution in [2.24, 2.45) is 5.92 Å². The molecule has 3 N–H and O–H groups in total. The summed E-state index contributed by atoms with van der Waals surface area (Å²) in [5.74, 6) is 0.933. The van der Waals surface area contributed by atoms with E-state index in [0.717, 1.165) is 38.4 Å². The van der Waals surface area contributed by atoms with Gasteiger partial charge in [-0.2, -0.15) is 0 Å². The van der Waals surface area contributed by atoms with Crippen molar-refractivity contribution >= 4 is 5.91 Å². The summed E-state index contributed by atoms with van der Waals surface area (Å²) in [5.41, 5.74) is 0. The average molecular weight is 225 g/mol. The molecule has 2 fully saturated rings. The summed E-state index contributed by atoms with van der Waals surface area (Å²) in [4.78, 5) is 12.0. The molecule has 0 spiro atoms. The molecule has 1 saturated heterocycles. The van der Waals surface area contributed by atoms with E-state index in [1.165, 1.54) is 12.8 Å². The first-order valence-corrected chi connectivity index (χ1v) is 6.50. The van der Waals surface area contributed by atoms with Crippen molar-refractivity contribution in [2.45, 2.75) is 44.7 Å². The van der Waals surface area contributed by atoms with Crippen LogP contribution in [0.1, 0.15) is 32.6 Å². The third-order valence-electron chi connectivity index (χ3n) is 3.64. The standard InChI is InChI=1S/C12H23N3O/c1-9-3-2-4-10(7-9)15-12(16)11-8-13-5-6-14-11/h9-11,13-14H,2-8H2,1H3,(H,15,16). The Kier molecular flexibility index (Phi) is 4.18. The van der Waals surface area contributed by atoms with E-state index in [-0.39, 0.29) is 11.9 Å². The molecule has 0 aromatic heterocycles. The van der Waals surface area contributed by atoms with Gasteiger partial charge in [0.25, 0.3) is 0 Å². The van der Waals surface area contributed by atoms with E-state index >= 15 is 0 Å². The third-order valence-corrected chi connectivity index (χ3v) is 3.64. The van der Waals surface area contributed by atoms with Crippen LogP contribution in [0.4, 0.5) is 0 Å². The van der Waals surface area contributed by atoms with Crippen LogP contribution in [0.2, 0.25) is 0 Å². The number of carbonyl (C=O) groups excluding carboxylic acids is 1. The smallest absolute Gasteiger partial charge is 0.238 e. The summed E-state index contributed by atoms with van der Waals surface area (Å²) >= 11 is 0. The van der Waals surface area contributed by atoms with Gasteiger partial charge >= 0.3 is 0 Å². The minimum absolute atomic E-state index is 0.0361. The van der Waals surface area contributed by atoms with Crippen LogP contribution in [-0.2, 0) is 4.79 Å².